The molecule has 1 aliphatic rings. The van der Waals surface area contributed by atoms with Gasteiger partial charge in [-0.15, -0.1) is 12.4 Å². The third-order valence-corrected chi connectivity index (χ3v) is 3.06. The molecule has 0 atom stereocenters. The Morgan fingerprint density at radius 2 is 2.13 bits per heavy atom. The fourth-order valence-corrected chi connectivity index (χ4v) is 1.81. The largest absolute Gasteiger partial charge is 0.439 e. The number of rotatable bonds is 1. The molecule has 0 radical (unpaired) electrons. The molecule has 0 amide bonds. The highest BCUT2D eigenvalue weighted by molar-refractivity contribution is 9.10. The molecule has 1 saturated carbocycles. The molecular weight excluding hydrogens is 279 g/mol. The molecular formula is C10H10BrClN2O. The van der Waals surface area contributed by atoms with E-state index < -0.39 is 0 Å². The summed E-state index contributed by atoms with van der Waals surface area (Å²) in [5.74, 6) is 0.672. The Morgan fingerprint density at radius 3 is 2.80 bits per heavy atom. The first kappa shape index (κ1) is 10.9. The maximum absolute atomic E-state index is 6.00. The van der Waals surface area contributed by atoms with Gasteiger partial charge >= 0.3 is 0 Å². The van der Waals surface area contributed by atoms with Crippen LogP contribution in [0.1, 0.15) is 18.7 Å². The third-order valence-electron chi connectivity index (χ3n) is 2.56. The van der Waals surface area contributed by atoms with Gasteiger partial charge in [0.25, 0.3) is 0 Å². The quantitative estimate of drug-likeness (QED) is 0.878. The summed E-state index contributed by atoms with van der Waals surface area (Å²) in [7, 11) is 0. The van der Waals surface area contributed by atoms with E-state index in [0.29, 0.717) is 5.89 Å². The Labute approximate surface area is 102 Å². The number of nitrogens with two attached hydrogens (primary N) is 1. The fraction of sp³-hybridized carbons (Fsp3) is 0.300. The maximum atomic E-state index is 6.00. The lowest BCUT2D eigenvalue weighted by molar-refractivity contribution is 0.465. The number of hydrogen-bond acceptors (Lipinski definition) is 3. The molecule has 1 aromatic heterocycles. The van der Waals surface area contributed by atoms with Crippen LogP contribution in [0.4, 0.5) is 0 Å². The Morgan fingerprint density at radius 1 is 1.40 bits per heavy atom. The zero-order chi connectivity index (χ0) is 9.76. The summed E-state index contributed by atoms with van der Waals surface area (Å²) in [6.45, 7) is 0. The minimum Gasteiger partial charge on any atom is -0.439 e. The van der Waals surface area contributed by atoms with Gasteiger partial charge in [0, 0.05) is 4.47 Å². The lowest BCUT2D eigenvalue weighted by atomic mass is 10.3. The van der Waals surface area contributed by atoms with Crippen LogP contribution in [-0.4, -0.2) is 4.98 Å². The highest BCUT2D eigenvalue weighted by Gasteiger charge is 2.44. The summed E-state index contributed by atoms with van der Waals surface area (Å²) in [5, 5.41) is 0. The van der Waals surface area contributed by atoms with Crippen LogP contribution in [0.25, 0.3) is 11.1 Å². The number of hydrogen-bond donors (Lipinski definition) is 1. The van der Waals surface area contributed by atoms with E-state index in [1.807, 2.05) is 18.2 Å². The molecule has 0 bridgehead atoms. The van der Waals surface area contributed by atoms with Crippen molar-refractivity contribution < 1.29 is 4.42 Å². The molecule has 0 aliphatic heterocycles. The van der Waals surface area contributed by atoms with Crippen LogP contribution in [0.5, 0.6) is 0 Å². The highest BCUT2D eigenvalue weighted by Crippen LogP contribution is 2.43. The number of benzene rings is 1. The Balaban J connectivity index is 0.000000853. The highest BCUT2D eigenvalue weighted by atomic mass is 79.9. The van der Waals surface area contributed by atoms with E-state index in [4.69, 9.17) is 10.2 Å². The van der Waals surface area contributed by atoms with Crippen molar-refractivity contribution in [1.29, 1.82) is 0 Å². The smallest absolute Gasteiger partial charge is 0.215 e. The normalized spacial score (nSPS) is 17.5. The van der Waals surface area contributed by atoms with E-state index in [1.165, 1.54) is 0 Å². The predicted molar refractivity (Wildman–Crippen MR) is 64.1 cm³/mol. The fourth-order valence-electron chi connectivity index (χ4n) is 1.46. The molecule has 3 rings (SSSR count). The molecule has 1 aromatic carbocycles. The third kappa shape index (κ3) is 1.77. The number of nitrogens with zero attached hydrogens (tertiary/aromatic N) is 1. The van der Waals surface area contributed by atoms with Crippen molar-refractivity contribution in [2.24, 2.45) is 5.73 Å². The second kappa shape index (κ2) is 3.47. The van der Waals surface area contributed by atoms with Crippen molar-refractivity contribution in [3.05, 3.63) is 28.6 Å². The van der Waals surface area contributed by atoms with Gasteiger partial charge in [0.1, 0.15) is 5.52 Å². The summed E-state index contributed by atoms with van der Waals surface area (Å²) in [6, 6.07) is 5.78. The molecule has 2 aromatic rings. The van der Waals surface area contributed by atoms with Gasteiger partial charge in [0.15, 0.2) is 5.58 Å². The Kier molecular flexibility index (Phi) is 2.53. The second-order valence-corrected chi connectivity index (χ2v) is 4.70. The minimum atomic E-state index is -0.286. The second-order valence-electron chi connectivity index (χ2n) is 3.79. The first-order valence-corrected chi connectivity index (χ1v) is 5.32. The van der Waals surface area contributed by atoms with Crippen molar-refractivity contribution in [3.8, 4) is 0 Å². The summed E-state index contributed by atoms with van der Waals surface area (Å²) in [5.41, 5.74) is 7.39. The molecule has 1 aliphatic carbocycles. The average molecular weight is 290 g/mol. The van der Waals surface area contributed by atoms with Crippen molar-refractivity contribution >= 4 is 39.4 Å². The van der Waals surface area contributed by atoms with Crippen LogP contribution < -0.4 is 5.73 Å². The summed E-state index contributed by atoms with van der Waals surface area (Å²) < 4.78 is 6.60. The van der Waals surface area contributed by atoms with E-state index in [-0.39, 0.29) is 17.9 Å². The summed E-state index contributed by atoms with van der Waals surface area (Å²) in [4.78, 5) is 4.39. The van der Waals surface area contributed by atoms with Gasteiger partial charge < -0.3 is 10.2 Å². The monoisotopic (exact) mass is 288 g/mol. The predicted octanol–water partition coefficient (Wildman–Crippen LogP) is 2.96. The van der Waals surface area contributed by atoms with Gasteiger partial charge in [-0.05, 0) is 31.0 Å². The van der Waals surface area contributed by atoms with E-state index in [9.17, 15) is 0 Å². The van der Waals surface area contributed by atoms with Crippen LogP contribution >= 0.6 is 28.3 Å². The number of aromatic nitrogens is 1. The van der Waals surface area contributed by atoms with Crippen molar-refractivity contribution in [2.45, 2.75) is 18.4 Å². The molecule has 3 nitrogen and oxygen atoms in total. The van der Waals surface area contributed by atoms with Gasteiger partial charge in [-0.25, -0.2) is 4.98 Å². The zero-order valence-corrected chi connectivity index (χ0v) is 10.3. The standard InChI is InChI=1S/C10H9BrN2O.ClH/c11-6-1-2-8-7(5-6)13-9(14-8)10(12)3-4-10;/h1-2,5H,3-4,12H2;1H. The minimum absolute atomic E-state index is 0. The van der Waals surface area contributed by atoms with E-state index in [1.54, 1.807) is 0 Å². The zero-order valence-electron chi connectivity index (χ0n) is 7.87. The van der Waals surface area contributed by atoms with Crippen LogP contribution in [0.2, 0.25) is 0 Å². The molecule has 0 spiro atoms. The molecule has 0 unspecified atom stereocenters. The number of oxazole rings is 1. The topological polar surface area (TPSA) is 52.0 Å². The molecule has 2 N–H and O–H groups in total. The number of fused-ring (bicyclic) bond motifs is 1. The van der Waals surface area contributed by atoms with Crippen molar-refractivity contribution in [1.82, 2.24) is 4.98 Å². The van der Waals surface area contributed by atoms with Gasteiger partial charge in [-0.1, -0.05) is 15.9 Å². The lowest BCUT2D eigenvalue weighted by Gasteiger charge is -1.99. The summed E-state index contributed by atoms with van der Waals surface area (Å²) in [6.07, 6.45) is 1.95. The van der Waals surface area contributed by atoms with Crippen molar-refractivity contribution in [3.63, 3.8) is 0 Å². The van der Waals surface area contributed by atoms with Gasteiger partial charge in [-0.3, -0.25) is 0 Å². The molecule has 0 saturated heterocycles. The van der Waals surface area contributed by atoms with E-state index in [2.05, 4.69) is 20.9 Å². The molecule has 80 valence electrons. The van der Waals surface area contributed by atoms with Gasteiger partial charge in [0.05, 0.1) is 5.54 Å². The van der Waals surface area contributed by atoms with E-state index >= 15 is 0 Å². The van der Waals surface area contributed by atoms with E-state index in [0.717, 1.165) is 28.4 Å². The Hall–Kier alpha value is -0.580. The van der Waals surface area contributed by atoms with Crippen LogP contribution in [0, 0.1) is 0 Å². The maximum Gasteiger partial charge on any atom is 0.215 e. The van der Waals surface area contributed by atoms with Crippen LogP contribution in [0.3, 0.4) is 0 Å². The first-order valence-electron chi connectivity index (χ1n) is 4.53. The van der Waals surface area contributed by atoms with Crippen molar-refractivity contribution in [2.75, 3.05) is 0 Å². The molecule has 1 fully saturated rings. The molecule has 5 heteroatoms. The molecule has 1 heterocycles. The van der Waals surface area contributed by atoms with Gasteiger partial charge in [-0.2, -0.15) is 0 Å². The lowest BCUT2D eigenvalue weighted by Crippen LogP contribution is -2.18. The Bertz CT molecular complexity index is 507. The van der Waals surface area contributed by atoms with Crippen LogP contribution in [0.15, 0.2) is 27.1 Å². The SMILES string of the molecule is Cl.NC1(c2nc3cc(Br)ccc3o2)CC1. The number of halogens is 2. The first-order chi connectivity index (χ1) is 6.67. The van der Waals surface area contributed by atoms with Gasteiger partial charge in [0.2, 0.25) is 5.89 Å². The molecule has 15 heavy (non-hydrogen) atoms. The van der Waals surface area contributed by atoms with Crippen LogP contribution in [-0.2, 0) is 5.54 Å². The summed E-state index contributed by atoms with van der Waals surface area (Å²) >= 11 is 3.39. The average Bonchev–Trinajstić information content (AvgIpc) is 2.77.